The highest BCUT2D eigenvalue weighted by Crippen LogP contribution is 2.24. The van der Waals surface area contributed by atoms with Crippen molar-refractivity contribution in [3.05, 3.63) is 66.2 Å². The Hall–Kier alpha value is -2.66. The van der Waals surface area contributed by atoms with E-state index in [1.54, 1.807) is 17.5 Å². The summed E-state index contributed by atoms with van der Waals surface area (Å²) in [5, 5.41) is 0. The van der Waals surface area contributed by atoms with Crippen LogP contribution in [0, 0.1) is 0 Å². The van der Waals surface area contributed by atoms with Gasteiger partial charge in [-0.25, -0.2) is 4.98 Å². The van der Waals surface area contributed by atoms with Gasteiger partial charge in [-0.05, 0) is 49.6 Å². The zero-order valence-corrected chi connectivity index (χ0v) is 15.7. The number of carbonyl (C=O) groups excluding carboxylic acids is 1. The first-order valence-corrected chi connectivity index (χ1v) is 9.52. The van der Waals surface area contributed by atoms with E-state index in [1.807, 2.05) is 48.5 Å². The van der Waals surface area contributed by atoms with Crippen molar-refractivity contribution in [1.82, 2.24) is 4.98 Å². The number of anilines is 1. The quantitative estimate of drug-likeness (QED) is 0.401. The molecule has 5 heteroatoms. The van der Waals surface area contributed by atoms with Crippen molar-refractivity contribution in [2.75, 3.05) is 18.6 Å². The van der Waals surface area contributed by atoms with E-state index in [2.05, 4.69) is 11.6 Å². The highest BCUT2D eigenvalue weighted by molar-refractivity contribution is 7.16. The fourth-order valence-electron chi connectivity index (χ4n) is 2.66. The lowest BCUT2D eigenvalue weighted by atomic mass is 10.1. The Morgan fingerprint density at radius 1 is 1.27 bits per heavy atom. The maximum Gasteiger partial charge on any atom is 0.258 e. The maximum absolute atomic E-state index is 12.8. The molecule has 0 fully saturated rings. The monoisotopic (exact) mass is 366 g/mol. The summed E-state index contributed by atoms with van der Waals surface area (Å²) in [6.45, 7) is 4.39. The molecule has 0 N–H and O–H groups in total. The minimum Gasteiger partial charge on any atom is -0.494 e. The van der Waals surface area contributed by atoms with Crippen LogP contribution < -0.4 is 9.64 Å². The number of benzene rings is 2. The van der Waals surface area contributed by atoms with Gasteiger partial charge >= 0.3 is 0 Å². The van der Waals surface area contributed by atoms with Gasteiger partial charge in [0.25, 0.3) is 5.91 Å². The second-order valence-electron chi connectivity index (χ2n) is 6.03. The van der Waals surface area contributed by atoms with E-state index in [1.165, 1.54) is 11.3 Å². The lowest BCUT2D eigenvalue weighted by molar-refractivity contribution is 0.0993. The predicted molar refractivity (Wildman–Crippen MR) is 108 cm³/mol. The molecule has 0 aliphatic rings. The van der Waals surface area contributed by atoms with E-state index in [0.717, 1.165) is 40.9 Å². The number of hydrogen-bond acceptors (Lipinski definition) is 4. The van der Waals surface area contributed by atoms with Crippen LogP contribution in [0.1, 0.15) is 29.6 Å². The van der Waals surface area contributed by atoms with Gasteiger partial charge in [0.05, 0.1) is 22.3 Å². The molecule has 0 atom stereocenters. The number of hydrogen-bond donors (Lipinski definition) is 0. The lowest BCUT2D eigenvalue weighted by Crippen LogP contribution is -2.26. The van der Waals surface area contributed by atoms with Gasteiger partial charge in [0.1, 0.15) is 5.75 Å². The SMILES string of the molecule is C=CCCCCOc1cccc(N(C)C(=O)c2ccc3ncsc3c2)c1. The number of carbonyl (C=O) groups is 1. The molecule has 134 valence electrons. The average molecular weight is 366 g/mol. The van der Waals surface area contributed by atoms with Crippen LogP contribution in [0.3, 0.4) is 0 Å². The van der Waals surface area contributed by atoms with Crippen LogP contribution >= 0.6 is 11.3 Å². The molecule has 0 aliphatic heterocycles. The third-order valence-corrected chi connectivity index (χ3v) is 4.95. The van der Waals surface area contributed by atoms with E-state index < -0.39 is 0 Å². The second kappa shape index (κ2) is 8.63. The number of allylic oxidation sites excluding steroid dienone is 1. The number of fused-ring (bicyclic) bond motifs is 1. The minimum atomic E-state index is -0.0524. The standard InChI is InChI=1S/C21H22N2O2S/c1-3-4-5-6-12-25-18-9-7-8-17(14-18)23(2)21(24)16-10-11-19-20(13-16)26-15-22-19/h3,7-11,13-15H,1,4-6,12H2,2H3. The molecule has 0 saturated heterocycles. The Labute approximate surface area is 157 Å². The highest BCUT2D eigenvalue weighted by Gasteiger charge is 2.15. The van der Waals surface area contributed by atoms with Gasteiger partial charge in [0.15, 0.2) is 0 Å². The number of rotatable bonds is 8. The summed E-state index contributed by atoms with van der Waals surface area (Å²) in [5.74, 6) is 0.724. The molecule has 1 heterocycles. The minimum absolute atomic E-state index is 0.0524. The first-order chi connectivity index (χ1) is 12.7. The fourth-order valence-corrected chi connectivity index (χ4v) is 3.38. The topological polar surface area (TPSA) is 42.4 Å². The first-order valence-electron chi connectivity index (χ1n) is 8.64. The van der Waals surface area contributed by atoms with Crippen molar-refractivity contribution in [2.45, 2.75) is 19.3 Å². The van der Waals surface area contributed by atoms with Crippen LogP contribution in [-0.4, -0.2) is 24.5 Å². The Morgan fingerprint density at radius 3 is 3.00 bits per heavy atom. The normalized spacial score (nSPS) is 10.7. The number of unbranched alkanes of at least 4 members (excludes halogenated alkanes) is 2. The molecule has 0 spiro atoms. The van der Waals surface area contributed by atoms with Gasteiger partial charge in [0.2, 0.25) is 0 Å². The van der Waals surface area contributed by atoms with Crippen LogP contribution in [0.25, 0.3) is 10.2 Å². The molecular formula is C21H22N2O2S. The summed E-state index contributed by atoms with van der Waals surface area (Å²) in [4.78, 5) is 18.7. The lowest BCUT2D eigenvalue weighted by Gasteiger charge is -2.18. The van der Waals surface area contributed by atoms with E-state index in [-0.39, 0.29) is 5.91 Å². The molecular weight excluding hydrogens is 344 g/mol. The fraction of sp³-hybridized carbons (Fsp3) is 0.238. The van der Waals surface area contributed by atoms with Gasteiger partial charge in [-0.15, -0.1) is 17.9 Å². The van der Waals surface area contributed by atoms with E-state index in [0.29, 0.717) is 12.2 Å². The molecule has 0 saturated carbocycles. The second-order valence-corrected chi connectivity index (χ2v) is 6.92. The number of thiazole rings is 1. The highest BCUT2D eigenvalue weighted by atomic mass is 32.1. The molecule has 2 aromatic carbocycles. The average Bonchev–Trinajstić information content (AvgIpc) is 3.14. The zero-order valence-electron chi connectivity index (χ0n) is 14.9. The van der Waals surface area contributed by atoms with Crippen molar-refractivity contribution in [3.8, 4) is 5.75 Å². The van der Waals surface area contributed by atoms with Crippen LogP contribution in [0.15, 0.2) is 60.6 Å². The van der Waals surface area contributed by atoms with Crippen LogP contribution in [-0.2, 0) is 0 Å². The van der Waals surface area contributed by atoms with Crippen molar-refractivity contribution in [2.24, 2.45) is 0 Å². The summed E-state index contributed by atoms with van der Waals surface area (Å²) in [6.07, 6.45) is 4.98. The zero-order chi connectivity index (χ0) is 18.4. The summed E-state index contributed by atoms with van der Waals surface area (Å²) >= 11 is 1.54. The largest absolute Gasteiger partial charge is 0.494 e. The van der Waals surface area contributed by atoms with Crippen LogP contribution in [0.4, 0.5) is 5.69 Å². The van der Waals surface area contributed by atoms with E-state index in [4.69, 9.17) is 4.74 Å². The van der Waals surface area contributed by atoms with Crippen molar-refractivity contribution in [3.63, 3.8) is 0 Å². The Balaban J connectivity index is 1.68. The van der Waals surface area contributed by atoms with Crippen LogP contribution in [0.5, 0.6) is 5.75 Å². The first kappa shape index (κ1) is 18.1. The molecule has 1 aromatic heterocycles. The maximum atomic E-state index is 12.8. The predicted octanol–water partition coefficient (Wildman–Crippen LogP) is 5.31. The van der Waals surface area contributed by atoms with Crippen molar-refractivity contribution >= 4 is 33.1 Å². The van der Waals surface area contributed by atoms with Gasteiger partial charge < -0.3 is 9.64 Å². The molecule has 4 nitrogen and oxygen atoms in total. The molecule has 0 unspecified atom stereocenters. The summed E-state index contributed by atoms with van der Waals surface area (Å²) in [7, 11) is 1.78. The van der Waals surface area contributed by atoms with E-state index >= 15 is 0 Å². The molecule has 0 bridgehead atoms. The van der Waals surface area contributed by atoms with Crippen LogP contribution in [0.2, 0.25) is 0 Å². The number of ether oxygens (including phenoxy) is 1. The molecule has 3 rings (SSSR count). The number of amides is 1. The summed E-state index contributed by atoms with van der Waals surface area (Å²) in [5.41, 5.74) is 4.17. The smallest absolute Gasteiger partial charge is 0.258 e. The number of aromatic nitrogens is 1. The van der Waals surface area contributed by atoms with E-state index in [9.17, 15) is 4.79 Å². The summed E-state index contributed by atoms with van der Waals surface area (Å²) < 4.78 is 6.81. The molecule has 0 radical (unpaired) electrons. The molecule has 26 heavy (non-hydrogen) atoms. The van der Waals surface area contributed by atoms with Crippen molar-refractivity contribution < 1.29 is 9.53 Å². The molecule has 3 aromatic rings. The Kier molecular flexibility index (Phi) is 6.02. The van der Waals surface area contributed by atoms with Crippen molar-refractivity contribution in [1.29, 1.82) is 0 Å². The van der Waals surface area contributed by atoms with Gasteiger partial charge in [-0.1, -0.05) is 12.1 Å². The Morgan fingerprint density at radius 2 is 2.15 bits per heavy atom. The van der Waals surface area contributed by atoms with Gasteiger partial charge in [-0.3, -0.25) is 4.79 Å². The Bertz CT molecular complexity index is 904. The van der Waals surface area contributed by atoms with Gasteiger partial charge in [0, 0.05) is 24.4 Å². The van der Waals surface area contributed by atoms with Gasteiger partial charge in [-0.2, -0.15) is 0 Å². The molecule has 0 aliphatic carbocycles. The summed E-state index contributed by atoms with van der Waals surface area (Å²) in [6, 6.07) is 13.2. The molecule has 1 amide bonds. The number of nitrogens with zero attached hydrogens (tertiary/aromatic N) is 2. The third-order valence-electron chi connectivity index (χ3n) is 4.16. The third kappa shape index (κ3) is 4.29.